The highest BCUT2D eigenvalue weighted by molar-refractivity contribution is 5.95. The second-order valence-electron chi connectivity index (χ2n) is 5.22. The van der Waals surface area contributed by atoms with Gasteiger partial charge in [-0.05, 0) is 36.3 Å². The Hall–Kier alpha value is -3.22. The molecule has 2 aromatic rings. The first-order valence-corrected chi connectivity index (χ1v) is 7.70. The number of aryl methyl sites for hydroxylation is 1. The molecular weight excluding hydrogens is 344 g/mol. The van der Waals surface area contributed by atoms with E-state index in [4.69, 9.17) is 4.74 Å². The van der Waals surface area contributed by atoms with Crippen molar-refractivity contribution in [3.8, 4) is 5.75 Å². The van der Waals surface area contributed by atoms with E-state index in [1.165, 1.54) is 24.3 Å². The van der Waals surface area contributed by atoms with Gasteiger partial charge < -0.3 is 14.8 Å². The molecule has 0 aliphatic heterocycles. The summed E-state index contributed by atoms with van der Waals surface area (Å²) >= 11 is 0. The molecule has 26 heavy (non-hydrogen) atoms. The quantitative estimate of drug-likeness (QED) is 0.602. The number of nitrogens with one attached hydrogen (secondary N) is 1. The molecule has 0 bridgehead atoms. The average molecular weight is 361 g/mol. The molecule has 0 saturated heterocycles. The summed E-state index contributed by atoms with van der Waals surface area (Å²) < 4.78 is 33.8. The third-order valence-corrected chi connectivity index (χ3v) is 3.31. The second-order valence-corrected chi connectivity index (χ2v) is 5.22. The number of para-hydroxylation sites is 2. The van der Waals surface area contributed by atoms with Gasteiger partial charge in [-0.1, -0.05) is 36.4 Å². The Morgan fingerprint density at radius 3 is 2.54 bits per heavy atom. The molecule has 2 aromatic carbocycles. The van der Waals surface area contributed by atoms with Crippen molar-refractivity contribution >= 4 is 23.6 Å². The van der Waals surface area contributed by atoms with Crippen LogP contribution in [0.4, 0.5) is 14.5 Å². The molecule has 0 aliphatic rings. The third kappa shape index (κ3) is 6.01. The van der Waals surface area contributed by atoms with Gasteiger partial charge in [-0.2, -0.15) is 8.78 Å². The van der Waals surface area contributed by atoms with Crippen molar-refractivity contribution in [3.05, 3.63) is 65.7 Å². The van der Waals surface area contributed by atoms with E-state index in [1.807, 2.05) is 31.2 Å². The summed E-state index contributed by atoms with van der Waals surface area (Å²) in [6, 6.07) is 13.2. The first-order valence-electron chi connectivity index (χ1n) is 7.70. The molecule has 0 aliphatic carbocycles. The molecule has 0 heterocycles. The van der Waals surface area contributed by atoms with Crippen LogP contribution in [-0.2, 0) is 14.3 Å². The number of carbonyl (C=O) groups excluding carboxylic acids is 2. The summed E-state index contributed by atoms with van der Waals surface area (Å²) in [4.78, 5) is 23.5. The number of rotatable bonds is 7. The van der Waals surface area contributed by atoms with Crippen molar-refractivity contribution in [1.82, 2.24) is 0 Å². The summed E-state index contributed by atoms with van der Waals surface area (Å²) in [6.07, 6.45) is 2.80. The minimum absolute atomic E-state index is 0.0595. The molecule has 1 amide bonds. The summed E-state index contributed by atoms with van der Waals surface area (Å²) in [5.41, 5.74) is 1.90. The van der Waals surface area contributed by atoms with Gasteiger partial charge in [-0.3, -0.25) is 4.79 Å². The Bertz CT molecular complexity index is 806. The van der Waals surface area contributed by atoms with Gasteiger partial charge in [0.1, 0.15) is 5.75 Å². The number of ether oxygens (including phenoxy) is 2. The fourth-order valence-corrected chi connectivity index (χ4v) is 2.07. The zero-order valence-corrected chi connectivity index (χ0v) is 13.9. The molecule has 7 heteroatoms. The maximum Gasteiger partial charge on any atom is 0.387 e. The monoisotopic (exact) mass is 361 g/mol. The number of amides is 1. The van der Waals surface area contributed by atoms with E-state index < -0.39 is 25.1 Å². The van der Waals surface area contributed by atoms with Gasteiger partial charge in [-0.15, -0.1) is 0 Å². The minimum atomic E-state index is -3.02. The highest BCUT2D eigenvalue weighted by Crippen LogP contribution is 2.25. The number of hydrogen-bond acceptors (Lipinski definition) is 4. The highest BCUT2D eigenvalue weighted by atomic mass is 19.3. The molecular formula is C19H17F2NO4. The molecule has 1 N–H and O–H groups in total. The molecule has 5 nitrogen and oxygen atoms in total. The van der Waals surface area contributed by atoms with Crippen LogP contribution in [0.25, 0.3) is 6.08 Å². The first-order chi connectivity index (χ1) is 12.5. The summed E-state index contributed by atoms with van der Waals surface area (Å²) in [7, 11) is 0. The lowest BCUT2D eigenvalue weighted by Crippen LogP contribution is -2.20. The number of anilines is 1. The number of carbonyl (C=O) groups is 2. The van der Waals surface area contributed by atoms with E-state index in [1.54, 1.807) is 12.1 Å². The van der Waals surface area contributed by atoms with Crippen LogP contribution in [-0.4, -0.2) is 25.1 Å². The van der Waals surface area contributed by atoms with Gasteiger partial charge in [-0.25, -0.2) is 4.79 Å². The Kier molecular flexibility index (Phi) is 6.84. The van der Waals surface area contributed by atoms with Crippen molar-refractivity contribution in [2.24, 2.45) is 0 Å². The van der Waals surface area contributed by atoms with Gasteiger partial charge >= 0.3 is 12.6 Å². The standard InChI is InChI=1S/C19H17F2NO4/c1-13-6-2-3-7-14(13)10-11-18(24)25-12-17(23)22-15-8-4-5-9-16(15)26-19(20)21/h2-11,19H,12H2,1H3,(H,22,23)/b11-10+. The van der Waals surface area contributed by atoms with E-state index >= 15 is 0 Å². The van der Waals surface area contributed by atoms with E-state index in [9.17, 15) is 18.4 Å². The fourth-order valence-electron chi connectivity index (χ4n) is 2.07. The van der Waals surface area contributed by atoms with Gasteiger partial charge in [0.15, 0.2) is 6.61 Å². The van der Waals surface area contributed by atoms with E-state index in [2.05, 4.69) is 10.1 Å². The highest BCUT2D eigenvalue weighted by Gasteiger charge is 2.12. The molecule has 0 aromatic heterocycles. The van der Waals surface area contributed by atoms with Crippen LogP contribution in [0, 0.1) is 6.92 Å². The third-order valence-electron chi connectivity index (χ3n) is 3.31. The van der Waals surface area contributed by atoms with Crippen molar-refractivity contribution in [2.45, 2.75) is 13.5 Å². The Balaban J connectivity index is 1.87. The lowest BCUT2D eigenvalue weighted by atomic mass is 10.1. The smallest absolute Gasteiger partial charge is 0.387 e. The Morgan fingerprint density at radius 1 is 1.12 bits per heavy atom. The van der Waals surface area contributed by atoms with Crippen molar-refractivity contribution in [1.29, 1.82) is 0 Å². The predicted octanol–water partition coefficient (Wildman–Crippen LogP) is 3.79. The minimum Gasteiger partial charge on any atom is -0.452 e. The van der Waals surface area contributed by atoms with Crippen LogP contribution in [0.1, 0.15) is 11.1 Å². The largest absolute Gasteiger partial charge is 0.452 e. The zero-order valence-electron chi connectivity index (χ0n) is 13.9. The molecule has 0 atom stereocenters. The fraction of sp³-hybridized carbons (Fsp3) is 0.158. The number of esters is 1. The topological polar surface area (TPSA) is 64.6 Å². The van der Waals surface area contributed by atoms with Gasteiger partial charge in [0.25, 0.3) is 5.91 Å². The molecule has 0 unspecified atom stereocenters. The van der Waals surface area contributed by atoms with E-state index in [0.717, 1.165) is 11.1 Å². The number of hydrogen-bond donors (Lipinski definition) is 1. The number of alkyl halides is 2. The maximum absolute atomic E-state index is 12.3. The Morgan fingerprint density at radius 2 is 1.81 bits per heavy atom. The predicted molar refractivity (Wildman–Crippen MR) is 92.9 cm³/mol. The summed E-state index contributed by atoms with van der Waals surface area (Å²) in [5, 5.41) is 2.36. The Labute approximate surface area is 149 Å². The number of benzene rings is 2. The lowest BCUT2D eigenvalue weighted by molar-refractivity contribution is -0.142. The van der Waals surface area contributed by atoms with Crippen LogP contribution < -0.4 is 10.1 Å². The SMILES string of the molecule is Cc1ccccc1/C=C/C(=O)OCC(=O)Nc1ccccc1OC(F)F. The molecule has 0 fully saturated rings. The van der Waals surface area contributed by atoms with Gasteiger partial charge in [0.2, 0.25) is 0 Å². The van der Waals surface area contributed by atoms with Crippen LogP contribution in [0.3, 0.4) is 0 Å². The molecule has 0 spiro atoms. The van der Waals surface area contributed by atoms with Crippen LogP contribution in [0.15, 0.2) is 54.6 Å². The molecule has 0 radical (unpaired) electrons. The van der Waals surface area contributed by atoms with Crippen LogP contribution in [0.5, 0.6) is 5.75 Å². The van der Waals surface area contributed by atoms with Crippen LogP contribution >= 0.6 is 0 Å². The zero-order chi connectivity index (χ0) is 18.9. The summed E-state index contributed by atoms with van der Waals surface area (Å²) in [5.74, 6) is -1.55. The maximum atomic E-state index is 12.3. The summed E-state index contributed by atoms with van der Waals surface area (Å²) in [6.45, 7) is -1.67. The second kappa shape index (κ2) is 9.31. The first kappa shape index (κ1) is 19.1. The van der Waals surface area contributed by atoms with E-state index in [-0.39, 0.29) is 11.4 Å². The van der Waals surface area contributed by atoms with Crippen LogP contribution in [0.2, 0.25) is 0 Å². The van der Waals surface area contributed by atoms with Gasteiger partial charge in [0.05, 0.1) is 5.69 Å². The van der Waals surface area contributed by atoms with Crippen molar-refractivity contribution in [3.63, 3.8) is 0 Å². The van der Waals surface area contributed by atoms with E-state index in [0.29, 0.717) is 0 Å². The molecule has 136 valence electrons. The average Bonchev–Trinajstić information content (AvgIpc) is 2.60. The van der Waals surface area contributed by atoms with Gasteiger partial charge in [0, 0.05) is 6.08 Å². The molecule has 0 saturated carbocycles. The number of halogens is 2. The lowest BCUT2D eigenvalue weighted by Gasteiger charge is -2.11. The van der Waals surface area contributed by atoms with Crippen molar-refractivity contribution < 1.29 is 27.8 Å². The molecule has 2 rings (SSSR count). The normalized spacial score (nSPS) is 10.8. The van der Waals surface area contributed by atoms with Crippen molar-refractivity contribution in [2.75, 3.05) is 11.9 Å².